The molecule has 1 unspecified atom stereocenters. The number of aromatic nitrogens is 2. The Hall–Kier alpha value is -3.11. The van der Waals surface area contributed by atoms with Crippen LogP contribution in [0.25, 0.3) is 0 Å². The van der Waals surface area contributed by atoms with Crippen LogP contribution in [0.5, 0.6) is 5.75 Å². The van der Waals surface area contributed by atoms with Gasteiger partial charge in [-0.2, -0.15) is 0 Å². The van der Waals surface area contributed by atoms with Crippen LogP contribution in [0.2, 0.25) is 0 Å². The number of carbonyl (C=O) groups excluding carboxylic acids is 1. The van der Waals surface area contributed by atoms with Crippen LogP contribution < -0.4 is 15.0 Å². The van der Waals surface area contributed by atoms with E-state index in [9.17, 15) is 4.79 Å². The Morgan fingerprint density at radius 1 is 1.16 bits per heavy atom. The van der Waals surface area contributed by atoms with Gasteiger partial charge >= 0.3 is 6.09 Å². The summed E-state index contributed by atoms with van der Waals surface area (Å²) < 4.78 is 17.4. The normalized spacial score (nSPS) is 22.1. The van der Waals surface area contributed by atoms with Crippen LogP contribution in [0.1, 0.15) is 50.1 Å². The van der Waals surface area contributed by atoms with Crippen molar-refractivity contribution < 1.29 is 19.0 Å². The fourth-order valence-electron chi connectivity index (χ4n) is 5.80. The summed E-state index contributed by atoms with van der Waals surface area (Å²) in [6, 6.07) is 4.59. The maximum atomic E-state index is 12.3. The molecule has 10 heteroatoms. The predicted octanol–water partition coefficient (Wildman–Crippen LogP) is 3.67. The lowest BCUT2D eigenvalue weighted by molar-refractivity contribution is -0.0114. The molecule has 0 radical (unpaired) electrons. The minimum atomic E-state index is -0.465. The van der Waals surface area contributed by atoms with E-state index >= 15 is 0 Å². The molecule has 1 amide bonds. The molecular formula is C28H38N6O4. The highest BCUT2D eigenvalue weighted by Gasteiger charge is 2.40. The van der Waals surface area contributed by atoms with Crippen molar-refractivity contribution in [2.75, 3.05) is 62.7 Å². The van der Waals surface area contributed by atoms with E-state index in [1.54, 1.807) is 4.90 Å². The highest BCUT2D eigenvalue weighted by molar-refractivity contribution is 5.73. The molecule has 0 aromatic carbocycles. The lowest BCUT2D eigenvalue weighted by Crippen LogP contribution is -2.61. The van der Waals surface area contributed by atoms with Gasteiger partial charge in [-0.25, -0.2) is 9.78 Å². The molecular weight excluding hydrogens is 484 g/mol. The molecule has 1 atom stereocenters. The second kappa shape index (κ2) is 9.89. The van der Waals surface area contributed by atoms with Gasteiger partial charge in [-0.1, -0.05) is 0 Å². The third-order valence-corrected chi connectivity index (χ3v) is 7.83. The van der Waals surface area contributed by atoms with Gasteiger partial charge in [-0.15, -0.1) is 0 Å². The summed E-state index contributed by atoms with van der Waals surface area (Å²) >= 11 is 0. The van der Waals surface area contributed by atoms with Crippen LogP contribution in [0.15, 0.2) is 18.3 Å². The van der Waals surface area contributed by atoms with Crippen molar-refractivity contribution in [1.82, 2.24) is 19.8 Å². The van der Waals surface area contributed by atoms with Crippen LogP contribution in [-0.2, 0) is 16.1 Å². The predicted molar refractivity (Wildman–Crippen MR) is 144 cm³/mol. The lowest BCUT2D eigenvalue weighted by atomic mass is 10.0. The molecule has 204 valence electrons. The summed E-state index contributed by atoms with van der Waals surface area (Å²) in [5, 5.41) is 3.57. The molecule has 38 heavy (non-hydrogen) atoms. The summed E-state index contributed by atoms with van der Waals surface area (Å²) in [7, 11) is 0. The maximum Gasteiger partial charge on any atom is 0.410 e. The standard InChI is InChI=1S/C28H38N6O4/c1-18-25-23(31-26-21(17-37-25)24(5-7-29-26)32-9-11-36-12-10-32)13-22(30-18)19-6-8-33(14-19)20-15-34(16-20)27(35)38-28(2,3)4/h5,7,13,19-20H,6,8-12,14-17H2,1-4H3,(H,29,31). The van der Waals surface area contributed by atoms with Gasteiger partial charge in [0, 0.05) is 62.3 Å². The first-order valence-electron chi connectivity index (χ1n) is 13.7. The van der Waals surface area contributed by atoms with Crippen molar-refractivity contribution in [3.05, 3.63) is 35.3 Å². The van der Waals surface area contributed by atoms with Crippen molar-refractivity contribution in [1.29, 1.82) is 0 Å². The van der Waals surface area contributed by atoms with Crippen molar-refractivity contribution in [2.45, 2.75) is 58.3 Å². The zero-order chi connectivity index (χ0) is 26.4. The van der Waals surface area contributed by atoms with Gasteiger partial charge in [0.15, 0.2) is 5.75 Å². The summed E-state index contributed by atoms with van der Waals surface area (Å²) in [5.41, 5.74) is 4.65. The minimum Gasteiger partial charge on any atom is -0.485 e. The highest BCUT2D eigenvalue weighted by Crippen LogP contribution is 2.40. The van der Waals surface area contributed by atoms with E-state index in [1.165, 1.54) is 0 Å². The van der Waals surface area contributed by atoms with Gasteiger partial charge in [0.2, 0.25) is 0 Å². The number of aryl methyl sites for hydroxylation is 1. The molecule has 1 N–H and O–H groups in total. The first-order valence-corrected chi connectivity index (χ1v) is 13.7. The fourth-order valence-corrected chi connectivity index (χ4v) is 5.80. The summed E-state index contributed by atoms with van der Waals surface area (Å²) in [4.78, 5) is 28.6. The second-order valence-corrected chi connectivity index (χ2v) is 11.7. The Morgan fingerprint density at radius 2 is 1.95 bits per heavy atom. The van der Waals surface area contributed by atoms with Crippen molar-refractivity contribution in [2.24, 2.45) is 0 Å². The van der Waals surface area contributed by atoms with E-state index in [-0.39, 0.29) is 6.09 Å². The molecule has 6 heterocycles. The van der Waals surface area contributed by atoms with Gasteiger partial charge < -0.3 is 29.3 Å². The SMILES string of the molecule is Cc1nc(C2CCN(C3CN(C(=O)OC(C)(C)C)C3)C2)cc2c1OCc1c(N3CCOCC3)ccnc1N2. The van der Waals surface area contributed by atoms with E-state index < -0.39 is 5.60 Å². The third-order valence-electron chi connectivity index (χ3n) is 7.83. The first kappa shape index (κ1) is 25.2. The fraction of sp³-hybridized carbons (Fsp3) is 0.607. The highest BCUT2D eigenvalue weighted by atomic mass is 16.6. The molecule has 3 fully saturated rings. The Morgan fingerprint density at radius 3 is 2.71 bits per heavy atom. The third kappa shape index (κ3) is 4.99. The van der Waals surface area contributed by atoms with Crippen molar-refractivity contribution >= 4 is 23.3 Å². The van der Waals surface area contributed by atoms with Crippen molar-refractivity contribution in [3.63, 3.8) is 0 Å². The van der Waals surface area contributed by atoms with E-state index in [1.807, 2.05) is 33.9 Å². The number of fused-ring (bicyclic) bond motifs is 2. The molecule has 6 rings (SSSR count). The van der Waals surface area contributed by atoms with Crippen LogP contribution in [-0.4, -0.2) is 90.0 Å². The summed E-state index contributed by atoms with van der Waals surface area (Å²) in [6.45, 7) is 14.8. The molecule has 10 nitrogen and oxygen atoms in total. The number of nitrogens with one attached hydrogen (secondary N) is 1. The smallest absolute Gasteiger partial charge is 0.410 e. The second-order valence-electron chi connectivity index (χ2n) is 11.7. The van der Waals surface area contributed by atoms with Gasteiger partial charge in [0.05, 0.1) is 30.2 Å². The molecule has 0 spiro atoms. The Kier molecular flexibility index (Phi) is 6.55. The molecule has 2 aromatic heterocycles. The topological polar surface area (TPSA) is 92.3 Å². The number of hydrogen-bond donors (Lipinski definition) is 1. The number of pyridine rings is 2. The molecule has 4 aliphatic heterocycles. The van der Waals surface area contributed by atoms with Gasteiger partial charge in [0.1, 0.15) is 18.0 Å². The number of hydrogen-bond acceptors (Lipinski definition) is 9. The van der Waals surface area contributed by atoms with E-state index in [4.69, 9.17) is 19.2 Å². The zero-order valence-electron chi connectivity index (χ0n) is 22.8. The van der Waals surface area contributed by atoms with Gasteiger partial charge in [-0.3, -0.25) is 9.88 Å². The number of ether oxygens (including phenoxy) is 3. The van der Waals surface area contributed by atoms with Gasteiger partial charge in [-0.05, 0) is 52.8 Å². The minimum absolute atomic E-state index is 0.218. The van der Waals surface area contributed by atoms with E-state index in [0.29, 0.717) is 18.6 Å². The zero-order valence-corrected chi connectivity index (χ0v) is 22.8. The molecule has 3 saturated heterocycles. The van der Waals surface area contributed by atoms with Crippen LogP contribution in [0.4, 0.5) is 22.0 Å². The van der Waals surface area contributed by atoms with Gasteiger partial charge in [0.25, 0.3) is 0 Å². The van der Waals surface area contributed by atoms with E-state index in [0.717, 1.165) is 98.8 Å². The van der Waals surface area contributed by atoms with Crippen molar-refractivity contribution in [3.8, 4) is 5.75 Å². The Bertz CT molecular complexity index is 1200. The maximum absolute atomic E-state index is 12.3. The molecule has 0 aliphatic carbocycles. The van der Waals surface area contributed by atoms with Crippen LogP contribution in [0.3, 0.4) is 0 Å². The largest absolute Gasteiger partial charge is 0.485 e. The number of amides is 1. The number of morpholine rings is 1. The number of carbonyl (C=O) groups is 1. The average Bonchev–Trinajstić information content (AvgIpc) is 3.23. The average molecular weight is 523 g/mol. The van der Waals surface area contributed by atoms with E-state index in [2.05, 4.69) is 32.2 Å². The molecule has 0 saturated carbocycles. The monoisotopic (exact) mass is 522 g/mol. The summed E-state index contributed by atoms with van der Waals surface area (Å²) in [5.74, 6) is 1.97. The summed E-state index contributed by atoms with van der Waals surface area (Å²) in [6.07, 6.45) is 2.69. The quantitative estimate of drug-likeness (QED) is 0.648. The molecule has 0 bridgehead atoms. The number of rotatable bonds is 3. The molecule has 2 aromatic rings. The van der Waals surface area contributed by atoms with Crippen LogP contribution in [0, 0.1) is 6.92 Å². The lowest BCUT2D eigenvalue weighted by Gasteiger charge is -2.44. The Labute approximate surface area is 224 Å². The first-order chi connectivity index (χ1) is 18.2. The van der Waals surface area contributed by atoms with Crippen LogP contribution >= 0.6 is 0 Å². The Balaban J connectivity index is 1.14. The number of likely N-dealkylation sites (tertiary alicyclic amines) is 2. The number of nitrogens with zero attached hydrogens (tertiary/aromatic N) is 5. The number of anilines is 3. The molecule has 4 aliphatic rings.